The molecule has 1 aliphatic rings. The average molecular weight is 207 g/mol. The van der Waals surface area contributed by atoms with Gasteiger partial charge in [-0.15, -0.1) is 0 Å². The molecule has 2 amide bonds. The Labute approximate surface area is 75.7 Å². The number of imide groups is 1. The Morgan fingerprint density at radius 2 is 2.00 bits per heavy atom. The highest BCUT2D eigenvalue weighted by Crippen LogP contribution is 2.37. The number of hydrogen-bond acceptors (Lipinski definition) is 5. The summed E-state index contributed by atoms with van der Waals surface area (Å²) in [4.78, 5) is 22.4. The Bertz CT molecular complexity index is 287. The van der Waals surface area contributed by atoms with Gasteiger partial charge in [-0.1, -0.05) is 0 Å². The van der Waals surface area contributed by atoms with Crippen molar-refractivity contribution in [1.82, 2.24) is 4.67 Å². The van der Waals surface area contributed by atoms with Crippen LogP contribution in [0.15, 0.2) is 0 Å². The lowest BCUT2D eigenvalue weighted by Gasteiger charge is -2.12. The summed E-state index contributed by atoms with van der Waals surface area (Å²) in [5.74, 6) is -0.636. The second-order valence-corrected chi connectivity index (χ2v) is 4.38. The van der Waals surface area contributed by atoms with Crippen molar-refractivity contribution in [3.8, 4) is 0 Å². The minimum atomic E-state index is -2.81. The van der Waals surface area contributed by atoms with E-state index < -0.39 is 25.8 Å². The van der Waals surface area contributed by atoms with Crippen molar-refractivity contribution in [2.45, 2.75) is 19.4 Å². The van der Waals surface area contributed by atoms with Crippen LogP contribution in [0.25, 0.3) is 0 Å². The van der Waals surface area contributed by atoms with Crippen molar-refractivity contribution >= 4 is 20.2 Å². The molecule has 13 heavy (non-hydrogen) atoms. The molecule has 0 N–H and O–H groups in total. The zero-order valence-corrected chi connectivity index (χ0v) is 8.49. The van der Waals surface area contributed by atoms with Crippen LogP contribution in [0.4, 0.5) is 4.79 Å². The summed E-state index contributed by atoms with van der Waals surface area (Å²) in [7, 11) is -1.66. The topological polar surface area (TPSA) is 72.9 Å². The number of cyclic esters (lactones) is 1. The van der Waals surface area contributed by atoms with Crippen LogP contribution in [0.1, 0.15) is 13.8 Å². The predicted molar refractivity (Wildman–Crippen MR) is 43.4 cm³/mol. The number of hydrogen-bond donors (Lipinski definition) is 0. The van der Waals surface area contributed by atoms with Gasteiger partial charge in [-0.3, -0.25) is 9.36 Å². The lowest BCUT2D eigenvalue weighted by atomic mass is 10.1. The fourth-order valence-electron chi connectivity index (χ4n) is 0.908. The Morgan fingerprint density at radius 3 is 2.31 bits per heavy atom. The second kappa shape index (κ2) is 3.12. The summed E-state index contributed by atoms with van der Waals surface area (Å²) >= 11 is 0. The molecule has 1 atom stereocenters. The molecular formula is C6H10NO5P. The van der Waals surface area contributed by atoms with E-state index in [-0.39, 0.29) is 0 Å². The van der Waals surface area contributed by atoms with Gasteiger partial charge in [0.1, 0.15) is 0 Å². The summed E-state index contributed by atoms with van der Waals surface area (Å²) in [5, 5.41) is 0. The summed E-state index contributed by atoms with van der Waals surface area (Å²) in [6.07, 6.45) is -0.916. The third kappa shape index (κ3) is 1.59. The third-order valence-electron chi connectivity index (χ3n) is 1.60. The number of rotatable bonds is 2. The summed E-state index contributed by atoms with van der Waals surface area (Å²) in [6, 6.07) is 0. The second-order valence-electron chi connectivity index (χ2n) is 2.99. The molecule has 1 saturated heterocycles. The quantitative estimate of drug-likeness (QED) is 0.625. The van der Waals surface area contributed by atoms with Crippen LogP contribution in [-0.4, -0.2) is 29.4 Å². The molecule has 0 saturated carbocycles. The Morgan fingerprint density at radius 1 is 1.46 bits per heavy atom. The number of carbonyl (C=O) groups is 2. The van der Waals surface area contributed by atoms with Crippen LogP contribution < -0.4 is 0 Å². The van der Waals surface area contributed by atoms with Crippen molar-refractivity contribution in [1.29, 1.82) is 0 Å². The van der Waals surface area contributed by atoms with E-state index in [1.165, 1.54) is 13.8 Å². The molecule has 0 aromatic carbocycles. The predicted octanol–water partition coefficient (Wildman–Crippen LogP) is 0.780. The summed E-state index contributed by atoms with van der Waals surface area (Å²) < 4.78 is 20.7. The maximum atomic E-state index is 11.4. The van der Waals surface area contributed by atoms with Crippen molar-refractivity contribution in [3.63, 3.8) is 0 Å². The molecule has 1 aliphatic heterocycles. The van der Waals surface area contributed by atoms with Gasteiger partial charge in [0.25, 0.3) is 14.1 Å². The van der Waals surface area contributed by atoms with Crippen LogP contribution in [0, 0.1) is 0 Å². The molecule has 0 bridgehead atoms. The van der Waals surface area contributed by atoms with Crippen molar-refractivity contribution in [3.05, 3.63) is 0 Å². The lowest BCUT2D eigenvalue weighted by Crippen LogP contribution is -2.32. The van der Waals surface area contributed by atoms with Gasteiger partial charge in [0.15, 0.2) is 5.60 Å². The molecule has 0 aliphatic carbocycles. The number of ether oxygens (including phenoxy) is 1. The summed E-state index contributed by atoms with van der Waals surface area (Å²) in [6.45, 7) is 2.86. The maximum absolute atomic E-state index is 11.4. The van der Waals surface area contributed by atoms with Gasteiger partial charge >= 0.3 is 6.09 Å². The molecule has 0 aromatic heterocycles. The number of carbonyl (C=O) groups excluding carboxylic acids is 2. The van der Waals surface area contributed by atoms with E-state index in [2.05, 4.69) is 9.26 Å². The third-order valence-corrected chi connectivity index (χ3v) is 2.70. The number of nitrogens with zero attached hydrogens (tertiary/aromatic N) is 1. The number of amides is 2. The van der Waals surface area contributed by atoms with Gasteiger partial charge in [-0.25, -0.2) is 4.79 Å². The Balaban J connectivity index is 2.95. The first-order valence-electron chi connectivity index (χ1n) is 3.55. The SMILES string of the molecule is CO[PH](=O)N1C(=O)OC(C)(C)C1=O. The summed E-state index contributed by atoms with van der Waals surface area (Å²) in [5.41, 5.74) is -1.24. The van der Waals surface area contributed by atoms with E-state index in [1.807, 2.05) is 0 Å². The van der Waals surface area contributed by atoms with Crippen LogP contribution in [-0.2, 0) is 18.6 Å². The smallest absolute Gasteiger partial charge is 0.425 e. The molecule has 0 aromatic rings. The van der Waals surface area contributed by atoms with Crippen LogP contribution >= 0.6 is 8.18 Å². The van der Waals surface area contributed by atoms with E-state index in [1.54, 1.807) is 0 Å². The van der Waals surface area contributed by atoms with Crippen molar-refractivity contribution in [2.75, 3.05) is 7.11 Å². The fourth-order valence-corrected chi connectivity index (χ4v) is 1.72. The molecular weight excluding hydrogens is 197 g/mol. The molecule has 1 heterocycles. The van der Waals surface area contributed by atoms with Crippen LogP contribution in [0.3, 0.4) is 0 Å². The highest BCUT2D eigenvalue weighted by Gasteiger charge is 2.49. The standard InChI is InChI=1S/C6H10NO5P/c1-6(2)4(8)7(5(9)12-6)13(10)11-3/h13H,1-3H3. The van der Waals surface area contributed by atoms with E-state index in [0.29, 0.717) is 4.67 Å². The Kier molecular flexibility index (Phi) is 2.45. The average Bonchev–Trinajstić information content (AvgIpc) is 2.21. The molecule has 0 spiro atoms. The fraction of sp³-hybridized carbons (Fsp3) is 0.667. The largest absolute Gasteiger partial charge is 0.433 e. The van der Waals surface area contributed by atoms with E-state index >= 15 is 0 Å². The minimum Gasteiger partial charge on any atom is -0.433 e. The zero-order chi connectivity index (χ0) is 10.2. The van der Waals surface area contributed by atoms with Gasteiger partial charge < -0.3 is 9.26 Å². The first-order chi connectivity index (χ1) is 5.90. The minimum absolute atomic E-state index is 0.519. The van der Waals surface area contributed by atoms with Gasteiger partial charge in [0, 0.05) is 7.11 Å². The molecule has 1 unspecified atom stereocenters. The first kappa shape index (κ1) is 10.2. The first-order valence-corrected chi connectivity index (χ1v) is 4.82. The van der Waals surface area contributed by atoms with Gasteiger partial charge in [0.05, 0.1) is 0 Å². The normalized spacial score (nSPS) is 23.2. The zero-order valence-electron chi connectivity index (χ0n) is 7.49. The highest BCUT2D eigenvalue weighted by molar-refractivity contribution is 7.38. The highest BCUT2D eigenvalue weighted by atomic mass is 31.1. The molecule has 74 valence electrons. The van der Waals surface area contributed by atoms with Gasteiger partial charge in [-0.2, -0.15) is 4.67 Å². The molecule has 0 radical (unpaired) electrons. The molecule has 1 rings (SSSR count). The van der Waals surface area contributed by atoms with E-state index in [0.717, 1.165) is 7.11 Å². The van der Waals surface area contributed by atoms with Crippen LogP contribution in [0.5, 0.6) is 0 Å². The van der Waals surface area contributed by atoms with Crippen molar-refractivity contribution < 1.29 is 23.4 Å². The van der Waals surface area contributed by atoms with Crippen LogP contribution in [0.2, 0.25) is 0 Å². The Hall–Kier alpha value is -0.870. The van der Waals surface area contributed by atoms with E-state index in [4.69, 9.17) is 0 Å². The van der Waals surface area contributed by atoms with Crippen molar-refractivity contribution in [2.24, 2.45) is 0 Å². The molecule has 6 nitrogen and oxygen atoms in total. The van der Waals surface area contributed by atoms with Gasteiger partial charge in [0.2, 0.25) is 0 Å². The van der Waals surface area contributed by atoms with Gasteiger partial charge in [-0.05, 0) is 13.8 Å². The monoisotopic (exact) mass is 207 g/mol. The van der Waals surface area contributed by atoms with E-state index in [9.17, 15) is 14.2 Å². The molecule has 7 heteroatoms. The maximum Gasteiger partial charge on any atom is 0.425 e. The lowest BCUT2D eigenvalue weighted by molar-refractivity contribution is -0.132. The molecule has 1 fully saturated rings.